The number of nitrogens with zero attached hydrogens (tertiary/aromatic N) is 1. The molecule has 0 radical (unpaired) electrons. The maximum Gasteiger partial charge on any atom is 0.271 e. The third kappa shape index (κ3) is 5.07. The zero-order valence-electron chi connectivity index (χ0n) is 16.3. The van der Waals surface area contributed by atoms with E-state index in [0.29, 0.717) is 38.9 Å². The Morgan fingerprint density at radius 1 is 1.10 bits per heavy atom. The molecule has 3 aromatic carbocycles. The average molecular weight is 427 g/mol. The summed E-state index contributed by atoms with van der Waals surface area (Å²) in [5.41, 5.74) is 2.05. The van der Waals surface area contributed by atoms with Crippen molar-refractivity contribution in [2.24, 2.45) is 0 Å². The minimum absolute atomic E-state index is 0.0947. The Bertz CT molecular complexity index is 1080. The van der Waals surface area contributed by atoms with Gasteiger partial charge in [-0.25, -0.2) is 0 Å². The molecule has 0 unspecified atom stereocenters. The number of rotatable bonds is 7. The monoisotopic (exact) mass is 426 g/mol. The molecule has 0 aliphatic heterocycles. The van der Waals surface area contributed by atoms with Crippen molar-refractivity contribution in [3.63, 3.8) is 0 Å². The van der Waals surface area contributed by atoms with Crippen LogP contribution >= 0.6 is 11.6 Å². The number of methoxy groups -OCH3 is 1. The molecular formula is C22H19ClN2O5. The molecule has 3 rings (SSSR count). The molecule has 0 aliphatic rings. The topological polar surface area (TPSA) is 90.7 Å². The SMILES string of the molecule is COc1ccc(C(=O)Nc2cc([N+](=O)[O-])ccc2C)cc1COc1ccc(Cl)cc1. The van der Waals surface area contributed by atoms with E-state index in [1.807, 2.05) is 0 Å². The van der Waals surface area contributed by atoms with Crippen molar-refractivity contribution in [3.8, 4) is 11.5 Å². The van der Waals surface area contributed by atoms with Crippen LogP contribution < -0.4 is 14.8 Å². The van der Waals surface area contributed by atoms with Gasteiger partial charge in [0.25, 0.3) is 11.6 Å². The van der Waals surface area contributed by atoms with E-state index in [-0.39, 0.29) is 12.3 Å². The van der Waals surface area contributed by atoms with Crippen LogP contribution in [-0.2, 0) is 6.61 Å². The highest BCUT2D eigenvalue weighted by Crippen LogP contribution is 2.25. The van der Waals surface area contributed by atoms with Gasteiger partial charge in [-0.1, -0.05) is 17.7 Å². The quantitative estimate of drug-likeness (QED) is 0.403. The first-order valence-electron chi connectivity index (χ1n) is 8.99. The first-order valence-corrected chi connectivity index (χ1v) is 9.37. The molecule has 8 heteroatoms. The van der Waals surface area contributed by atoms with E-state index in [0.717, 1.165) is 0 Å². The number of benzene rings is 3. The Hall–Kier alpha value is -3.58. The largest absolute Gasteiger partial charge is 0.496 e. The number of nitro benzene ring substituents is 1. The molecule has 0 saturated heterocycles. The van der Waals surface area contributed by atoms with Crippen molar-refractivity contribution < 1.29 is 19.2 Å². The van der Waals surface area contributed by atoms with Crippen molar-refractivity contribution in [2.45, 2.75) is 13.5 Å². The first-order chi connectivity index (χ1) is 14.4. The van der Waals surface area contributed by atoms with E-state index in [1.54, 1.807) is 55.5 Å². The van der Waals surface area contributed by atoms with Gasteiger partial charge in [-0.3, -0.25) is 14.9 Å². The van der Waals surface area contributed by atoms with Gasteiger partial charge >= 0.3 is 0 Å². The normalized spacial score (nSPS) is 10.4. The lowest BCUT2D eigenvalue weighted by atomic mass is 10.1. The Morgan fingerprint density at radius 3 is 2.50 bits per heavy atom. The number of hydrogen-bond acceptors (Lipinski definition) is 5. The fourth-order valence-corrected chi connectivity index (χ4v) is 2.90. The number of ether oxygens (including phenoxy) is 2. The highest BCUT2D eigenvalue weighted by molar-refractivity contribution is 6.30. The number of anilines is 1. The van der Waals surface area contributed by atoms with Crippen molar-refractivity contribution in [3.05, 3.63) is 92.5 Å². The summed E-state index contributed by atoms with van der Waals surface area (Å²) in [4.78, 5) is 23.2. The zero-order chi connectivity index (χ0) is 21.7. The molecule has 30 heavy (non-hydrogen) atoms. The fraction of sp³-hybridized carbons (Fsp3) is 0.136. The van der Waals surface area contributed by atoms with Crippen molar-refractivity contribution >= 4 is 28.9 Å². The summed E-state index contributed by atoms with van der Waals surface area (Å²) < 4.78 is 11.1. The van der Waals surface area contributed by atoms with Gasteiger partial charge in [-0.15, -0.1) is 0 Å². The van der Waals surface area contributed by atoms with E-state index in [4.69, 9.17) is 21.1 Å². The molecule has 0 atom stereocenters. The fourth-order valence-electron chi connectivity index (χ4n) is 2.78. The number of halogens is 1. The maximum absolute atomic E-state index is 12.7. The van der Waals surface area contributed by atoms with Gasteiger partial charge in [0, 0.05) is 28.3 Å². The summed E-state index contributed by atoms with van der Waals surface area (Å²) in [6, 6.07) is 16.2. The number of aryl methyl sites for hydroxylation is 1. The van der Waals surface area contributed by atoms with Crippen LogP contribution in [0.4, 0.5) is 11.4 Å². The van der Waals surface area contributed by atoms with Gasteiger partial charge in [0.05, 0.1) is 17.7 Å². The van der Waals surface area contributed by atoms with E-state index in [2.05, 4.69) is 5.32 Å². The molecule has 1 amide bonds. The summed E-state index contributed by atoms with van der Waals surface area (Å²) in [5.74, 6) is 0.810. The van der Waals surface area contributed by atoms with Gasteiger partial charge in [0.1, 0.15) is 18.1 Å². The van der Waals surface area contributed by atoms with Crippen LogP contribution in [0, 0.1) is 17.0 Å². The van der Waals surface area contributed by atoms with E-state index in [1.165, 1.54) is 19.2 Å². The van der Waals surface area contributed by atoms with Crippen molar-refractivity contribution in [2.75, 3.05) is 12.4 Å². The third-order valence-corrected chi connectivity index (χ3v) is 4.68. The molecule has 0 fully saturated rings. The summed E-state index contributed by atoms with van der Waals surface area (Å²) >= 11 is 5.88. The van der Waals surface area contributed by atoms with E-state index >= 15 is 0 Å². The van der Waals surface area contributed by atoms with Gasteiger partial charge in [-0.2, -0.15) is 0 Å². The zero-order valence-corrected chi connectivity index (χ0v) is 17.1. The lowest BCUT2D eigenvalue weighted by Gasteiger charge is -2.13. The Kier molecular flexibility index (Phi) is 6.54. The number of carbonyl (C=O) groups excluding carboxylic acids is 1. The molecule has 0 aliphatic carbocycles. The van der Waals surface area contributed by atoms with Gasteiger partial charge in [0.2, 0.25) is 0 Å². The second kappa shape index (κ2) is 9.28. The molecule has 0 saturated carbocycles. The van der Waals surface area contributed by atoms with Crippen LogP contribution in [0.1, 0.15) is 21.5 Å². The number of amides is 1. The van der Waals surface area contributed by atoms with E-state index < -0.39 is 10.8 Å². The maximum atomic E-state index is 12.7. The number of nitro groups is 1. The standard InChI is InChI=1S/C22H19ClN2O5/c1-14-3-7-18(25(27)28)12-20(14)24-22(26)15-4-10-21(29-2)16(11-15)13-30-19-8-5-17(23)6-9-19/h3-12H,13H2,1-2H3,(H,24,26). The molecule has 1 N–H and O–H groups in total. The average Bonchev–Trinajstić information content (AvgIpc) is 2.74. The molecule has 0 spiro atoms. The predicted octanol–water partition coefficient (Wildman–Crippen LogP) is 5.40. The molecule has 0 heterocycles. The number of hydrogen-bond donors (Lipinski definition) is 1. The Balaban J connectivity index is 1.79. The molecule has 0 aromatic heterocycles. The second-order valence-electron chi connectivity index (χ2n) is 6.48. The van der Waals surface area contributed by atoms with Gasteiger partial charge in [-0.05, 0) is 55.0 Å². The number of non-ortho nitro benzene ring substituents is 1. The molecular weight excluding hydrogens is 408 g/mol. The highest BCUT2D eigenvalue weighted by atomic mass is 35.5. The number of nitrogens with one attached hydrogen (secondary N) is 1. The smallest absolute Gasteiger partial charge is 0.271 e. The Morgan fingerprint density at radius 2 is 1.83 bits per heavy atom. The summed E-state index contributed by atoms with van der Waals surface area (Å²) in [5, 5.41) is 14.3. The lowest BCUT2D eigenvalue weighted by molar-refractivity contribution is -0.384. The summed E-state index contributed by atoms with van der Waals surface area (Å²) in [7, 11) is 1.54. The van der Waals surface area contributed by atoms with Gasteiger partial charge < -0.3 is 14.8 Å². The summed E-state index contributed by atoms with van der Waals surface area (Å²) in [6.45, 7) is 1.94. The van der Waals surface area contributed by atoms with Crippen LogP contribution in [0.5, 0.6) is 11.5 Å². The van der Waals surface area contributed by atoms with Crippen molar-refractivity contribution in [1.29, 1.82) is 0 Å². The van der Waals surface area contributed by atoms with E-state index in [9.17, 15) is 14.9 Å². The molecule has 0 bridgehead atoms. The van der Waals surface area contributed by atoms with Crippen LogP contribution in [0.15, 0.2) is 60.7 Å². The molecule has 154 valence electrons. The van der Waals surface area contributed by atoms with Gasteiger partial charge in [0.15, 0.2) is 0 Å². The van der Waals surface area contributed by atoms with Crippen LogP contribution in [0.2, 0.25) is 5.02 Å². The second-order valence-corrected chi connectivity index (χ2v) is 6.92. The van der Waals surface area contributed by atoms with Crippen LogP contribution in [-0.4, -0.2) is 17.9 Å². The number of carbonyl (C=O) groups is 1. The predicted molar refractivity (Wildman–Crippen MR) is 115 cm³/mol. The third-order valence-electron chi connectivity index (χ3n) is 4.43. The minimum atomic E-state index is -0.505. The van der Waals surface area contributed by atoms with Crippen LogP contribution in [0.3, 0.4) is 0 Å². The Labute approximate surface area is 178 Å². The van der Waals surface area contributed by atoms with Crippen LogP contribution in [0.25, 0.3) is 0 Å². The molecule has 7 nitrogen and oxygen atoms in total. The lowest BCUT2D eigenvalue weighted by Crippen LogP contribution is -2.14. The minimum Gasteiger partial charge on any atom is -0.496 e. The first kappa shape index (κ1) is 21.1. The van der Waals surface area contributed by atoms with Crippen molar-refractivity contribution in [1.82, 2.24) is 0 Å². The molecule has 3 aromatic rings. The highest BCUT2D eigenvalue weighted by Gasteiger charge is 2.14. The summed E-state index contributed by atoms with van der Waals surface area (Å²) in [6.07, 6.45) is 0.